The number of methoxy groups -OCH3 is 1. The number of hydrogen-bond acceptors (Lipinski definition) is 5. The van der Waals surface area contributed by atoms with Gasteiger partial charge in [-0.25, -0.2) is 12.8 Å². The van der Waals surface area contributed by atoms with Crippen molar-refractivity contribution >= 4 is 27.5 Å². The van der Waals surface area contributed by atoms with Crippen LogP contribution in [0.5, 0.6) is 5.75 Å². The number of aryl methyl sites for hydroxylation is 1. The molecule has 0 heterocycles. The van der Waals surface area contributed by atoms with Crippen molar-refractivity contribution in [2.24, 2.45) is 0 Å². The standard InChI is InChI=1S/C36H40FN3O5S/c1-4-5-22-38-36(42)34(24-28-12-7-6-8-13-28)39(25-29-14-11-15-30(23-29)45-3)35(41)26-40(33-17-10-9-16-32(33)37)46(43,44)31-20-18-27(2)19-21-31/h6-21,23,34H,4-5,22,24-26H2,1-3H3,(H,38,42)/t34-/m1/s1. The van der Waals surface area contributed by atoms with Crippen molar-refractivity contribution in [3.05, 3.63) is 126 Å². The number of amides is 2. The summed E-state index contributed by atoms with van der Waals surface area (Å²) in [7, 11) is -2.87. The van der Waals surface area contributed by atoms with Crippen LogP contribution in [0.3, 0.4) is 0 Å². The van der Waals surface area contributed by atoms with Crippen LogP contribution in [0.15, 0.2) is 108 Å². The van der Waals surface area contributed by atoms with Crippen LogP contribution in [0.25, 0.3) is 0 Å². The van der Waals surface area contributed by atoms with Crippen LogP contribution >= 0.6 is 0 Å². The maximum Gasteiger partial charge on any atom is 0.264 e. The van der Waals surface area contributed by atoms with Crippen molar-refractivity contribution in [3.63, 3.8) is 0 Å². The van der Waals surface area contributed by atoms with Gasteiger partial charge in [-0.2, -0.15) is 0 Å². The second-order valence-corrected chi connectivity index (χ2v) is 12.9. The smallest absolute Gasteiger partial charge is 0.264 e. The van der Waals surface area contributed by atoms with Crippen LogP contribution in [0.2, 0.25) is 0 Å². The number of nitrogens with zero attached hydrogens (tertiary/aromatic N) is 2. The number of ether oxygens (including phenoxy) is 1. The molecule has 242 valence electrons. The number of carbonyl (C=O) groups excluding carboxylic acids is 2. The van der Waals surface area contributed by atoms with Gasteiger partial charge in [-0.1, -0.05) is 85.6 Å². The Hall–Kier alpha value is -4.70. The maximum atomic E-state index is 15.3. The van der Waals surface area contributed by atoms with Crippen LogP contribution in [-0.4, -0.2) is 51.4 Å². The Labute approximate surface area is 270 Å². The van der Waals surface area contributed by atoms with Crippen molar-refractivity contribution in [2.45, 2.75) is 50.6 Å². The van der Waals surface area contributed by atoms with E-state index in [9.17, 15) is 18.0 Å². The van der Waals surface area contributed by atoms with Crippen molar-refractivity contribution in [1.82, 2.24) is 10.2 Å². The molecule has 0 unspecified atom stereocenters. The Kier molecular flexibility index (Phi) is 11.9. The van der Waals surface area contributed by atoms with Crippen molar-refractivity contribution in [1.29, 1.82) is 0 Å². The Morgan fingerprint density at radius 1 is 0.891 bits per heavy atom. The third-order valence-electron chi connectivity index (χ3n) is 7.60. The van der Waals surface area contributed by atoms with Gasteiger partial charge in [-0.3, -0.25) is 13.9 Å². The molecule has 10 heteroatoms. The molecule has 4 aromatic rings. The number of unbranched alkanes of at least 4 members (excludes halogenated alkanes) is 1. The summed E-state index contributed by atoms with van der Waals surface area (Å²) < 4.78 is 49.6. The lowest BCUT2D eigenvalue weighted by atomic mass is 10.0. The summed E-state index contributed by atoms with van der Waals surface area (Å²) in [5.41, 5.74) is 2.06. The number of anilines is 1. The van der Waals surface area contributed by atoms with E-state index < -0.39 is 34.3 Å². The first-order valence-corrected chi connectivity index (χ1v) is 16.7. The molecule has 0 fully saturated rings. The third-order valence-corrected chi connectivity index (χ3v) is 9.37. The Morgan fingerprint density at radius 3 is 2.24 bits per heavy atom. The first-order valence-electron chi connectivity index (χ1n) is 15.2. The minimum absolute atomic E-state index is 0.0234. The van der Waals surface area contributed by atoms with Gasteiger partial charge in [0.25, 0.3) is 10.0 Å². The summed E-state index contributed by atoms with van der Waals surface area (Å²) >= 11 is 0. The fourth-order valence-corrected chi connectivity index (χ4v) is 6.45. The number of hydrogen-bond donors (Lipinski definition) is 1. The lowest BCUT2D eigenvalue weighted by molar-refractivity contribution is -0.140. The highest BCUT2D eigenvalue weighted by Gasteiger charge is 2.35. The van der Waals surface area contributed by atoms with Gasteiger partial charge in [0.2, 0.25) is 11.8 Å². The third kappa shape index (κ3) is 8.72. The van der Waals surface area contributed by atoms with E-state index in [0.29, 0.717) is 17.9 Å². The zero-order chi connectivity index (χ0) is 33.1. The molecular formula is C36H40FN3O5S. The van der Waals surface area contributed by atoms with Crippen molar-refractivity contribution < 1.29 is 27.1 Å². The number of sulfonamides is 1. The second kappa shape index (κ2) is 16.0. The lowest BCUT2D eigenvalue weighted by Crippen LogP contribution is -2.53. The average Bonchev–Trinajstić information content (AvgIpc) is 3.06. The predicted molar refractivity (Wildman–Crippen MR) is 178 cm³/mol. The molecule has 0 saturated carbocycles. The summed E-state index contributed by atoms with van der Waals surface area (Å²) in [5.74, 6) is -1.28. The van der Waals surface area contributed by atoms with Gasteiger partial charge in [0.1, 0.15) is 24.2 Å². The number of nitrogens with one attached hydrogen (secondary N) is 1. The summed E-state index contributed by atoms with van der Waals surface area (Å²) in [6.45, 7) is 3.49. The molecule has 0 bridgehead atoms. The minimum Gasteiger partial charge on any atom is -0.497 e. The van der Waals surface area contributed by atoms with E-state index in [2.05, 4.69) is 5.32 Å². The molecule has 0 spiro atoms. The number of para-hydroxylation sites is 1. The van der Waals surface area contributed by atoms with Gasteiger partial charge in [0.05, 0.1) is 17.7 Å². The van der Waals surface area contributed by atoms with E-state index in [1.165, 1.54) is 42.3 Å². The van der Waals surface area contributed by atoms with Crippen molar-refractivity contribution in [3.8, 4) is 5.75 Å². The zero-order valence-corrected chi connectivity index (χ0v) is 27.2. The monoisotopic (exact) mass is 645 g/mol. The van der Waals surface area contributed by atoms with E-state index in [4.69, 9.17) is 4.74 Å². The molecule has 0 aliphatic rings. The molecule has 1 N–H and O–H groups in total. The molecule has 2 amide bonds. The van der Waals surface area contributed by atoms with Gasteiger partial charge in [-0.15, -0.1) is 0 Å². The quantitative estimate of drug-likeness (QED) is 0.163. The fraction of sp³-hybridized carbons (Fsp3) is 0.278. The molecule has 0 aliphatic carbocycles. The van der Waals surface area contributed by atoms with E-state index in [-0.39, 0.29) is 29.5 Å². The normalized spacial score (nSPS) is 11.8. The van der Waals surface area contributed by atoms with Gasteiger partial charge in [-0.05, 0) is 60.9 Å². The number of halogens is 1. The zero-order valence-electron chi connectivity index (χ0n) is 26.4. The van der Waals surface area contributed by atoms with E-state index in [1.807, 2.05) is 44.2 Å². The van der Waals surface area contributed by atoms with Crippen molar-refractivity contribution in [2.75, 3.05) is 24.5 Å². The second-order valence-electron chi connectivity index (χ2n) is 11.0. The van der Waals surface area contributed by atoms with Gasteiger partial charge >= 0.3 is 0 Å². The van der Waals surface area contributed by atoms with Crippen LogP contribution in [0.1, 0.15) is 36.5 Å². The summed E-state index contributed by atoms with van der Waals surface area (Å²) in [6.07, 6.45) is 1.80. The molecule has 0 saturated heterocycles. The Balaban J connectivity index is 1.81. The summed E-state index contributed by atoms with van der Waals surface area (Å²) in [4.78, 5) is 29.6. The summed E-state index contributed by atoms with van der Waals surface area (Å²) in [6, 6.07) is 27.0. The van der Waals surface area contributed by atoms with Gasteiger partial charge in [0.15, 0.2) is 0 Å². The molecule has 0 aliphatic heterocycles. The van der Waals surface area contributed by atoms with Crippen LogP contribution in [-0.2, 0) is 32.6 Å². The topological polar surface area (TPSA) is 96.0 Å². The highest BCUT2D eigenvalue weighted by molar-refractivity contribution is 7.92. The highest BCUT2D eigenvalue weighted by Crippen LogP contribution is 2.28. The first-order chi connectivity index (χ1) is 22.1. The maximum absolute atomic E-state index is 15.3. The molecule has 0 aromatic heterocycles. The predicted octanol–water partition coefficient (Wildman–Crippen LogP) is 5.89. The SMILES string of the molecule is CCCCNC(=O)[C@@H](Cc1ccccc1)N(Cc1cccc(OC)c1)C(=O)CN(c1ccccc1F)S(=O)(=O)c1ccc(C)cc1. The summed E-state index contributed by atoms with van der Waals surface area (Å²) in [5, 5.41) is 2.95. The fourth-order valence-electron chi connectivity index (χ4n) is 5.03. The Bertz CT molecular complexity index is 1720. The average molecular weight is 646 g/mol. The van der Waals surface area contributed by atoms with Gasteiger partial charge < -0.3 is 15.0 Å². The Morgan fingerprint density at radius 2 is 1.57 bits per heavy atom. The lowest BCUT2D eigenvalue weighted by Gasteiger charge is -2.34. The molecule has 8 nitrogen and oxygen atoms in total. The van der Waals surface area contributed by atoms with E-state index in [0.717, 1.165) is 34.3 Å². The molecule has 4 rings (SSSR count). The minimum atomic E-state index is -4.40. The van der Waals surface area contributed by atoms with E-state index in [1.54, 1.807) is 36.4 Å². The van der Waals surface area contributed by atoms with Crippen LogP contribution in [0, 0.1) is 12.7 Å². The number of benzene rings is 4. The largest absolute Gasteiger partial charge is 0.497 e. The highest BCUT2D eigenvalue weighted by atomic mass is 32.2. The van der Waals surface area contributed by atoms with Crippen LogP contribution in [0.4, 0.5) is 10.1 Å². The first kappa shape index (κ1) is 34.2. The van der Waals surface area contributed by atoms with E-state index >= 15 is 4.39 Å². The molecule has 4 aromatic carbocycles. The number of carbonyl (C=O) groups is 2. The molecule has 0 radical (unpaired) electrons. The molecule has 46 heavy (non-hydrogen) atoms. The number of rotatable bonds is 15. The molecule has 1 atom stereocenters. The molecular weight excluding hydrogens is 605 g/mol. The van der Waals surface area contributed by atoms with Crippen LogP contribution < -0.4 is 14.4 Å². The van der Waals surface area contributed by atoms with Gasteiger partial charge in [0, 0.05) is 19.5 Å².